The first-order chi connectivity index (χ1) is 5.04. The van der Waals surface area contributed by atoms with Gasteiger partial charge in [-0.25, -0.2) is 0 Å². The molecule has 0 N–H and O–H groups in total. The molecule has 12 heavy (non-hydrogen) atoms. The molecule has 0 unspecified atom stereocenters. The molecular formula is C5H3BF3KOS. The summed E-state index contributed by atoms with van der Waals surface area (Å²) in [5, 5.41) is 0.948. The Bertz CT molecular complexity index is 272. The van der Waals surface area contributed by atoms with Crippen LogP contribution in [-0.2, 0) is 0 Å². The number of aldehydes is 1. The second-order valence-corrected chi connectivity index (χ2v) is 2.92. The molecule has 1 aromatic rings. The van der Waals surface area contributed by atoms with E-state index in [0.29, 0.717) is 6.29 Å². The van der Waals surface area contributed by atoms with Crippen LogP contribution in [0.5, 0.6) is 0 Å². The molecular weight excluding hydrogens is 215 g/mol. The number of halogens is 3. The smallest absolute Gasteiger partial charge is 0.445 e. The molecule has 1 rings (SSSR count). The van der Waals surface area contributed by atoms with E-state index in [4.69, 9.17) is 0 Å². The van der Waals surface area contributed by atoms with Crippen LogP contribution in [-0.4, -0.2) is 13.3 Å². The van der Waals surface area contributed by atoms with Gasteiger partial charge in [0.1, 0.15) is 0 Å². The minimum atomic E-state index is -4.94. The molecule has 60 valence electrons. The van der Waals surface area contributed by atoms with Crippen LogP contribution in [0.15, 0.2) is 11.4 Å². The molecule has 0 atom stereocenters. The Balaban J connectivity index is 0.00000121. The van der Waals surface area contributed by atoms with E-state index in [1.54, 1.807) is 0 Å². The number of hydrogen-bond donors (Lipinski definition) is 0. The average Bonchev–Trinajstić information content (AvgIpc) is 2.32. The van der Waals surface area contributed by atoms with Gasteiger partial charge in [0, 0.05) is 0 Å². The van der Waals surface area contributed by atoms with Gasteiger partial charge in [0.05, 0.1) is 4.88 Å². The van der Waals surface area contributed by atoms with E-state index in [1.807, 2.05) is 0 Å². The Kier molecular flexibility index (Phi) is 5.27. The third kappa shape index (κ3) is 3.31. The van der Waals surface area contributed by atoms with Crippen molar-refractivity contribution in [2.24, 2.45) is 0 Å². The molecule has 0 saturated heterocycles. The van der Waals surface area contributed by atoms with E-state index in [0.717, 1.165) is 22.8 Å². The summed E-state index contributed by atoms with van der Waals surface area (Å²) in [6.45, 7) is -4.94. The molecule has 0 amide bonds. The third-order valence-electron chi connectivity index (χ3n) is 1.13. The summed E-state index contributed by atoms with van der Waals surface area (Å²) in [5.41, 5.74) is -0.697. The molecule has 0 fully saturated rings. The van der Waals surface area contributed by atoms with Gasteiger partial charge in [0.2, 0.25) is 0 Å². The van der Waals surface area contributed by atoms with Gasteiger partial charge in [-0.05, 0) is 5.38 Å². The van der Waals surface area contributed by atoms with Crippen molar-refractivity contribution < 1.29 is 69.1 Å². The Morgan fingerprint density at radius 2 is 2.00 bits per heavy atom. The van der Waals surface area contributed by atoms with E-state index in [2.05, 4.69) is 0 Å². The van der Waals surface area contributed by atoms with E-state index in [1.165, 1.54) is 0 Å². The molecule has 0 bridgehead atoms. The summed E-state index contributed by atoms with van der Waals surface area (Å²) in [6.07, 6.45) is 0.413. The van der Waals surface area contributed by atoms with Crippen LogP contribution in [0.3, 0.4) is 0 Å². The van der Waals surface area contributed by atoms with Crippen molar-refractivity contribution in [3.63, 3.8) is 0 Å². The van der Waals surface area contributed by atoms with E-state index < -0.39 is 12.4 Å². The largest absolute Gasteiger partial charge is 1.00 e. The second-order valence-electron chi connectivity index (χ2n) is 1.98. The Hall–Kier alpha value is 0.861. The Morgan fingerprint density at radius 3 is 2.25 bits per heavy atom. The summed E-state index contributed by atoms with van der Waals surface area (Å²) < 4.78 is 35.7. The van der Waals surface area contributed by atoms with Crippen LogP contribution in [0.1, 0.15) is 9.67 Å². The fraction of sp³-hybridized carbons (Fsp3) is 0. The molecule has 0 radical (unpaired) electrons. The van der Waals surface area contributed by atoms with Gasteiger partial charge in [-0.3, -0.25) is 4.79 Å². The van der Waals surface area contributed by atoms with Crippen LogP contribution < -0.4 is 56.8 Å². The minimum Gasteiger partial charge on any atom is -0.445 e. The topological polar surface area (TPSA) is 17.1 Å². The van der Waals surface area contributed by atoms with Crippen molar-refractivity contribution >= 4 is 30.1 Å². The first-order valence-electron chi connectivity index (χ1n) is 2.77. The van der Waals surface area contributed by atoms with Gasteiger partial charge >= 0.3 is 58.4 Å². The van der Waals surface area contributed by atoms with Crippen molar-refractivity contribution in [2.75, 3.05) is 0 Å². The van der Waals surface area contributed by atoms with E-state index >= 15 is 0 Å². The SMILES string of the molecule is O=Cc1cc([B-](F)(F)F)cs1.[K+]. The van der Waals surface area contributed by atoms with Gasteiger partial charge in [0.15, 0.2) is 6.29 Å². The van der Waals surface area contributed by atoms with Crippen LogP contribution in [0.4, 0.5) is 12.9 Å². The predicted octanol–water partition coefficient (Wildman–Crippen LogP) is -1.38. The van der Waals surface area contributed by atoms with Crippen LogP contribution in [0, 0.1) is 0 Å². The van der Waals surface area contributed by atoms with Crippen molar-refractivity contribution in [1.29, 1.82) is 0 Å². The van der Waals surface area contributed by atoms with Crippen molar-refractivity contribution in [1.82, 2.24) is 0 Å². The van der Waals surface area contributed by atoms with Gasteiger partial charge in [0.25, 0.3) is 0 Å². The molecule has 1 aromatic heterocycles. The van der Waals surface area contributed by atoms with Gasteiger partial charge in [-0.2, -0.15) is 0 Å². The fourth-order valence-corrected chi connectivity index (χ4v) is 1.36. The summed E-state index contributed by atoms with van der Waals surface area (Å²) in [7, 11) is 0. The molecule has 1 nitrogen and oxygen atoms in total. The first kappa shape index (κ1) is 12.9. The van der Waals surface area contributed by atoms with Gasteiger partial charge in [-0.15, -0.1) is 11.3 Å². The molecule has 0 aliphatic rings. The molecule has 7 heteroatoms. The van der Waals surface area contributed by atoms with Crippen LogP contribution in [0.2, 0.25) is 0 Å². The maximum atomic E-state index is 11.9. The molecule has 0 aliphatic carbocycles. The van der Waals surface area contributed by atoms with Crippen molar-refractivity contribution in [3.05, 3.63) is 16.3 Å². The Labute approximate surface area is 114 Å². The zero-order valence-corrected chi connectivity index (χ0v) is 10.2. The third-order valence-corrected chi connectivity index (χ3v) is 2.01. The van der Waals surface area contributed by atoms with Crippen molar-refractivity contribution in [3.8, 4) is 0 Å². The number of carbonyl (C=O) groups excluding carboxylic acids is 1. The van der Waals surface area contributed by atoms with Gasteiger partial charge in [-0.1, -0.05) is 11.5 Å². The average molecular weight is 218 g/mol. The number of rotatable bonds is 2. The predicted molar refractivity (Wildman–Crippen MR) is 38.4 cm³/mol. The minimum absolute atomic E-state index is 0. The standard InChI is InChI=1S/C5H3BF3OS.K/c7-6(8,9)4-1-5(2-10)11-3-4;/h1-3H;/q-1;+1. The molecule has 0 aliphatic heterocycles. The van der Waals surface area contributed by atoms with E-state index in [-0.39, 0.29) is 56.3 Å². The van der Waals surface area contributed by atoms with Gasteiger partial charge < -0.3 is 12.9 Å². The summed E-state index contributed by atoms with van der Waals surface area (Å²) >= 11 is 0.804. The van der Waals surface area contributed by atoms with E-state index in [9.17, 15) is 17.7 Å². The maximum absolute atomic E-state index is 11.9. The normalized spacial score (nSPS) is 10.6. The monoisotopic (exact) mass is 218 g/mol. The number of thiophene rings is 1. The Morgan fingerprint density at radius 1 is 1.42 bits per heavy atom. The molecule has 0 aromatic carbocycles. The fourth-order valence-electron chi connectivity index (χ4n) is 0.602. The zero-order chi connectivity index (χ0) is 8.48. The number of carbonyl (C=O) groups is 1. The summed E-state index contributed by atoms with van der Waals surface area (Å²) in [6, 6.07) is 0.859. The molecule has 0 saturated carbocycles. The van der Waals surface area contributed by atoms with Crippen molar-refractivity contribution in [2.45, 2.75) is 0 Å². The summed E-state index contributed by atoms with van der Waals surface area (Å²) in [4.78, 5) is 10.1. The number of hydrogen-bond acceptors (Lipinski definition) is 2. The summed E-state index contributed by atoms with van der Waals surface area (Å²) in [5.74, 6) is 0. The molecule has 1 heterocycles. The zero-order valence-electron chi connectivity index (χ0n) is 6.26. The second kappa shape index (κ2) is 4.92. The molecule has 0 spiro atoms. The maximum Gasteiger partial charge on any atom is 1.00 e. The quantitative estimate of drug-likeness (QED) is 0.441. The van der Waals surface area contributed by atoms with Crippen LogP contribution in [0.25, 0.3) is 0 Å². The van der Waals surface area contributed by atoms with Crippen LogP contribution >= 0.6 is 11.3 Å². The first-order valence-corrected chi connectivity index (χ1v) is 3.65.